The fraction of sp³-hybridized carbons (Fsp3) is 0.400. The molecule has 0 aliphatic rings. The van der Waals surface area contributed by atoms with Crippen LogP contribution in [0.4, 0.5) is 0 Å². The van der Waals surface area contributed by atoms with Gasteiger partial charge in [0.05, 0.1) is 17.5 Å². The van der Waals surface area contributed by atoms with Gasteiger partial charge in [0.2, 0.25) is 0 Å². The SMILES string of the molecule is CSC(C)(CC#CC#CCC(O)CO)[C@H](NC(=O)c1ccccc1)C(=O)NO. The van der Waals surface area contributed by atoms with E-state index in [0.717, 1.165) is 0 Å². The lowest BCUT2D eigenvalue weighted by Crippen LogP contribution is -2.57. The van der Waals surface area contributed by atoms with E-state index in [9.17, 15) is 14.7 Å². The zero-order valence-electron chi connectivity index (χ0n) is 15.7. The standard InChI is InChI=1S/C20H24N2O5S/c1-20(28-2,13-9-4-3-8-12-16(24)14-23)17(19(26)22-27)21-18(25)15-10-6-5-7-11-15/h5-7,10-11,16-17,23-24,27H,12-14H2,1-2H3,(H,21,25)(H,22,26)/t16?,17-,20?/m1/s1. The average Bonchev–Trinajstić information content (AvgIpc) is 2.73. The summed E-state index contributed by atoms with van der Waals surface area (Å²) in [7, 11) is 0. The molecule has 1 rings (SSSR count). The first-order chi connectivity index (χ1) is 13.4. The van der Waals surface area contributed by atoms with Gasteiger partial charge in [0.25, 0.3) is 11.8 Å². The van der Waals surface area contributed by atoms with Gasteiger partial charge < -0.3 is 15.5 Å². The van der Waals surface area contributed by atoms with Gasteiger partial charge in [0.1, 0.15) is 6.04 Å². The summed E-state index contributed by atoms with van der Waals surface area (Å²) >= 11 is 1.32. The average molecular weight is 404 g/mol. The molecular weight excluding hydrogens is 380 g/mol. The summed E-state index contributed by atoms with van der Waals surface area (Å²) < 4.78 is -0.837. The number of hydroxylamine groups is 1. The Morgan fingerprint density at radius 1 is 1.21 bits per heavy atom. The number of aliphatic hydroxyl groups is 2. The van der Waals surface area contributed by atoms with Crippen LogP contribution in [0.1, 0.15) is 30.1 Å². The van der Waals surface area contributed by atoms with Crippen molar-refractivity contribution in [2.45, 2.75) is 36.7 Å². The summed E-state index contributed by atoms with van der Waals surface area (Å²) in [6.45, 7) is 1.38. The van der Waals surface area contributed by atoms with E-state index in [1.54, 1.807) is 49.0 Å². The Bertz CT molecular complexity index is 779. The number of hydrogen-bond acceptors (Lipinski definition) is 6. The van der Waals surface area contributed by atoms with E-state index in [2.05, 4.69) is 29.0 Å². The Morgan fingerprint density at radius 2 is 1.86 bits per heavy atom. The molecule has 5 N–H and O–H groups in total. The largest absolute Gasteiger partial charge is 0.394 e. The maximum Gasteiger partial charge on any atom is 0.267 e. The van der Waals surface area contributed by atoms with Crippen LogP contribution < -0.4 is 10.8 Å². The van der Waals surface area contributed by atoms with Crippen LogP contribution in [0.5, 0.6) is 0 Å². The number of carbonyl (C=O) groups excluding carboxylic acids is 2. The van der Waals surface area contributed by atoms with Gasteiger partial charge in [-0.2, -0.15) is 11.8 Å². The van der Waals surface area contributed by atoms with Crippen molar-refractivity contribution in [1.29, 1.82) is 0 Å². The van der Waals surface area contributed by atoms with Crippen molar-refractivity contribution in [3.63, 3.8) is 0 Å². The maximum atomic E-state index is 12.5. The van der Waals surface area contributed by atoms with Crippen molar-refractivity contribution in [2.75, 3.05) is 12.9 Å². The van der Waals surface area contributed by atoms with E-state index >= 15 is 0 Å². The molecule has 2 amide bonds. The third kappa shape index (κ3) is 7.26. The number of rotatable bonds is 8. The second-order valence-electron chi connectivity index (χ2n) is 6.09. The number of benzene rings is 1. The first-order valence-corrected chi connectivity index (χ1v) is 9.70. The second kappa shape index (κ2) is 12.1. The van der Waals surface area contributed by atoms with Crippen LogP contribution in [0.15, 0.2) is 30.3 Å². The van der Waals surface area contributed by atoms with Gasteiger partial charge in [0.15, 0.2) is 0 Å². The van der Waals surface area contributed by atoms with Crippen LogP contribution in [0.25, 0.3) is 0 Å². The molecule has 0 bridgehead atoms. The van der Waals surface area contributed by atoms with Crippen LogP contribution in [-0.2, 0) is 4.79 Å². The summed E-state index contributed by atoms with van der Waals surface area (Å²) in [5.41, 5.74) is 1.99. The molecule has 0 heterocycles. The smallest absolute Gasteiger partial charge is 0.267 e. The van der Waals surface area contributed by atoms with Crippen LogP contribution >= 0.6 is 11.8 Å². The minimum absolute atomic E-state index is 0.105. The summed E-state index contributed by atoms with van der Waals surface area (Å²) in [6, 6.07) is 7.39. The van der Waals surface area contributed by atoms with Crippen molar-refractivity contribution in [2.24, 2.45) is 0 Å². The van der Waals surface area contributed by atoms with Gasteiger partial charge in [-0.15, -0.1) is 0 Å². The van der Waals surface area contributed by atoms with Crippen molar-refractivity contribution in [1.82, 2.24) is 10.8 Å². The van der Waals surface area contributed by atoms with Gasteiger partial charge in [0, 0.05) is 18.4 Å². The van der Waals surface area contributed by atoms with Gasteiger partial charge in [-0.1, -0.05) is 30.0 Å². The number of aliphatic hydroxyl groups excluding tert-OH is 2. The molecule has 0 spiro atoms. The molecule has 8 heteroatoms. The van der Waals surface area contributed by atoms with Crippen molar-refractivity contribution < 1.29 is 25.0 Å². The summed E-state index contributed by atoms with van der Waals surface area (Å²) in [5.74, 6) is 9.47. The number of hydrogen-bond donors (Lipinski definition) is 5. The minimum Gasteiger partial charge on any atom is -0.394 e. The lowest BCUT2D eigenvalue weighted by molar-refractivity contribution is -0.131. The lowest BCUT2D eigenvalue weighted by atomic mass is 9.96. The van der Waals surface area contributed by atoms with Crippen molar-refractivity contribution in [3.8, 4) is 23.7 Å². The van der Waals surface area contributed by atoms with Crippen molar-refractivity contribution >= 4 is 23.6 Å². The molecule has 0 saturated heterocycles. The van der Waals surface area contributed by atoms with E-state index in [4.69, 9.17) is 10.3 Å². The third-order valence-electron chi connectivity index (χ3n) is 3.99. The van der Waals surface area contributed by atoms with Gasteiger partial charge in [-0.3, -0.25) is 14.8 Å². The Kier molecular flexibility index (Phi) is 10.1. The highest BCUT2D eigenvalue weighted by Crippen LogP contribution is 2.30. The van der Waals surface area contributed by atoms with Crippen LogP contribution in [0, 0.1) is 23.7 Å². The van der Waals surface area contributed by atoms with Crippen LogP contribution in [-0.4, -0.2) is 57.0 Å². The normalized spacial score (nSPS) is 14.2. The Hall–Kier alpha value is -2.49. The van der Waals surface area contributed by atoms with E-state index in [1.165, 1.54) is 11.8 Å². The van der Waals surface area contributed by atoms with E-state index < -0.39 is 28.7 Å². The monoisotopic (exact) mass is 404 g/mol. The Balaban J connectivity index is 2.93. The first-order valence-electron chi connectivity index (χ1n) is 8.47. The van der Waals surface area contributed by atoms with Gasteiger partial charge in [-0.05, 0) is 37.2 Å². The summed E-state index contributed by atoms with van der Waals surface area (Å²) in [6.07, 6.45) is 1.18. The molecule has 0 aliphatic carbocycles. The molecule has 0 fully saturated rings. The molecule has 0 aromatic heterocycles. The van der Waals surface area contributed by atoms with Gasteiger partial charge >= 0.3 is 0 Å². The molecule has 1 aromatic rings. The first kappa shape index (κ1) is 23.5. The van der Waals surface area contributed by atoms with Crippen LogP contribution in [0.3, 0.4) is 0 Å². The van der Waals surface area contributed by atoms with Gasteiger partial charge in [-0.25, -0.2) is 5.48 Å². The molecule has 0 radical (unpaired) electrons. The van der Waals surface area contributed by atoms with Crippen molar-refractivity contribution in [3.05, 3.63) is 35.9 Å². The highest BCUT2D eigenvalue weighted by atomic mass is 32.2. The van der Waals surface area contributed by atoms with Crippen LogP contribution in [0.2, 0.25) is 0 Å². The van der Waals surface area contributed by atoms with E-state index in [0.29, 0.717) is 5.56 Å². The molecular formula is C20H24N2O5S. The molecule has 2 unspecified atom stereocenters. The number of thioether (sulfide) groups is 1. The molecule has 0 aliphatic heterocycles. The lowest BCUT2D eigenvalue weighted by Gasteiger charge is -2.33. The molecule has 0 saturated carbocycles. The predicted octanol–water partition coefficient (Wildman–Crippen LogP) is 0.552. The number of amides is 2. The molecule has 7 nitrogen and oxygen atoms in total. The molecule has 150 valence electrons. The Morgan fingerprint density at radius 3 is 2.43 bits per heavy atom. The predicted molar refractivity (Wildman–Crippen MR) is 107 cm³/mol. The van der Waals surface area contributed by atoms with E-state index in [-0.39, 0.29) is 19.4 Å². The molecule has 3 atom stereocenters. The summed E-state index contributed by atoms with van der Waals surface area (Å²) in [4.78, 5) is 24.7. The number of nitrogens with one attached hydrogen (secondary N) is 2. The molecule has 28 heavy (non-hydrogen) atoms. The fourth-order valence-electron chi connectivity index (χ4n) is 2.20. The topological polar surface area (TPSA) is 119 Å². The quantitative estimate of drug-likeness (QED) is 0.245. The fourth-order valence-corrected chi connectivity index (χ4v) is 2.82. The highest BCUT2D eigenvalue weighted by molar-refractivity contribution is 8.00. The number of carbonyl (C=O) groups is 2. The maximum absolute atomic E-state index is 12.5. The molecule has 1 aromatic carbocycles. The minimum atomic E-state index is -1.04. The second-order valence-corrected chi connectivity index (χ2v) is 7.43. The third-order valence-corrected chi connectivity index (χ3v) is 5.30. The zero-order valence-corrected chi connectivity index (χ0v) is 16.5. The Labute approximate surface area is 168 Å². The highest BCUT2D eigenvalue weighted by Gasteiger charge is 2.39. The zero-order chi connectivity index (χ0) is 21.0. The van der Waals surface area contributed by atoms with E-state index in [1.807, 2.05) is 0 Å². The summed E-state index contributed by atoms with van der Waals surface area (Å²) in [5, 5.41) is 29.7.